The zero-order valence-electron chi connectivity index (χ0n) is 35.7. The molecule has 0 amide bonds. The maximum atomic E-state index is 5.50. The van der Waals surface area contributed by atoms with Gasteiger partial charge >= 0.3 is 0 Å². The van der Waals surface area contributed by atoms with Crippen LogP contribution in [0.1, 0.15) is 22.3 Å². The third-order valence-corrected chi connectivity index (χ3v) is 15.3. The van der Waals surface area contributed by atoms with Crippen molar-refractivity contribution in [1.29, 1.82) is 0 Å². The Morgan fingerprint density at radius 1 is 0.318 bits per heavy atom. The summed E-state index contributed by atoms with van der Waals surface area (Å²) in [5.41, 5.74) is 19.4. The molecule has 2 nitrogen and oxygen atoms in total. The second-order valence-electron chi connectivity index (χ2n) is 17.6. The number of nitrogens with zero attached hydrogens (tertiary/aromatic N) is 2. The number of benzene rings is 10. The van der Waals surface area contributed by atoms with E-state index < -0.39 is 5.41 Å². The van der Waals surface area contributed by atoms with E-state index in [-0.39, 0.29) is 0 Å². The standard InChI is InChI=1S/C63H38N2S/c1-2-17-40(18-3-1)62-64-57(38-58(65-62)52-26-15-30-56-60(52)51-23-8-12-29-55(51)63(56)53-27-10-6-20-47(53)48-21-7-11-28-54(48)63)45-36-43(42-33-32-39-16-4-5-19-41(39)34-42)35-44(37-45)46-24-14-25-50-49-22-9-13-31-59(49)66-61(46)50/h1-38H. The second-order valence-corrected chi connectivity index (χ2v) is 18.6. The first-order valence-corrected chi connectivity index (χ1v) is 23.5. The van der Waals surface area contributed by atoms with Gasteiger partial charge in [0.1, 0.15) is 0 Å². The normalized spacial score (nSPS) is 13.0. The second kappa shape index (κ2) is 14.4. The molecule has 66 heavy (non-hydrogen) atoms. The Balaban J connectivity index is 1.03. The summed E-state index contributed by atoms with van der Waals surface area (Å²) in [5.74, 6) is 0.697. The SMILES string of the molecule is c1ccc(-c2nc(-c3cc(-c4ccc5ccccc5c4)cc(-c4cccc5c4sc4ccccc45)c3)cc(-c3cccc4c3-c3ccccc3C43c4ccccc4-c4ccccc43)n2)cc1. The van der Waals surface area contributed by atoms with Crippen LogP contribution in [0.3, 0.4) is 0 Å². The highest BCUT2D eigenvalue weighted by Gasteiger charge is 2.52. The van der Waals surface area contributed by atoms with Crippen LogP contribution in [0.15, 0.2) is 231 Å². The number of fused-ring (bicyclic) bond motifs is 14. The molecule has 3 heteroatoms. The van der Waals surface area contributed by atoms with Gasteiger partial charge < -0.3 is 0 Å². The molecule has 2 heterocycles. The number of hydrogen-bond donors (Lipinski definition) is 0. The number of aromatic nitrogens is 2. The largest absolute Gasteiger partial charge is 0.228 e. The lowest BCUT2D eigenvalue weighted by molar-refractivity contribution is 0.794. The summed E-state index contributed by atoms with van der Waals surface area (Å²) in [7, 11) is 0. The Morgan fingerprint density at radius 3 is 1.71 bits per heavy atom. The van der Waals surface area contributed by atoms with E-state index in [1.54, 1.807) is 0 Å². The highest BCUT2D eigenvalue weighted by atomic mass is 32.1. The van der Waals surface area contributed by atoms with Gasteiger partial charge in [0, 0.05) is 36.9 Å². The van der Waals surface area contributed by atoms with E-state index in [1.165, 1.54) is 81.0 Å². The van der Waals surface area contributed by atoms with Gasteiger partial charge in [0.05, 0.1) is 16.8 Å². The Morgan fingerprint density at radius 2 is 0.894 bits per heavy atom. The molecule has 1 spiro atoms. The molecule has 0 aliphatic heterocycles. The summed E-state index contributed by atoms with van der Waals surface area (Å²) in [6.07, 6.45) is 0. The van der Waals surface area contributed by atoms with E-state index in [4.69, 9.17) is 9.97 Å². The van der Waals surface area contributed by atoms with Crippen LogP contribution in [0, 0.1) is 0 Å². The summed E-state index contributed by atoms with van der Waals surface area (Å²) < 4.78 is 2.58. The highest BCUT2D eigenvalue weighted by molar-refractivity contribution is 7.26. The molecule has 10 aromatic carbocycles. The van der Waals surface area contributed by atoms with Crippen LogP contribution >= 0.6 is 11.3 Å². The van der Waals surface area contributed by atoms with Crippen LogP contribution in [0.4, 0.5) is 0 Å². The van der Waals surface area contributed by atoms with Crippen molar-refractivity contribution in [1.82, 2.24) is 9.97 Å². The van der Waals surface area contributed by atoms with Gasteiger partial charge in [-0.05, 0) is 114 Å². The Bertz CT molecular complexity index is 3910. The minimum Gasteiger partial charge on any atom is -0.228 e. The van der Waals surface area contributed by atoms with E-state index in [2.05, 4.69) is 231 Å². The fourth-order valence-corrected chi connectivity index (χ4v) is 12.5. The molecule has 306 valence electrons. The summed E-state index contributed by atoms with van der Waals surface area (Å²) in [6.45, 7) is 0. The van der Waals surface area contributed by atoms with Gasteiger partial charge in [-0.2, -0.15) is 0 Å². The average Bonchev–Trinajstić information content (AvgIpc) is 4.03. The topological polar surface area (TPSA) is 25.8 Å². The lowest BCUT2D eigenvalue weighted by atomic mass is 9.70. The molecule has 12 aromatic rings. The zero-order chi connectivity index (χ0) is 43.3. The molecular weight excluding hydrogens is 817 g/mol. The van der Waals surface area contributed by atoms with Crippen LogP contribution in [-0.4, -0.2) is 9.97 Å². The van der Waals surface area contributed by atoms with Crippen molar-refractivity contribution >= 4 is 42.3 Å². The number of rotatable bonds is 5. The summed E-state index contributed by atoms with van der Waals surface area (Å²) in [5, 5.41) is 5.02. The molecule has 0 atom stereocenters. The predicted molar refractivity (Wildman–Crippen MR) is 276 cm³/mol. The van der Waals surface area contributed by atoms with Crippen molar-refractivity contribution in [2.24, 2.45) is 0 Å². The minimum atomic E-state index is -0.454. The minimum absolute atomic E-state index is 0.454. The van der Waals surface area contributed by atoms with E-state index in [1.807, 2.05) is 11.3 Å². The number of hydrogen-bond acceptors (Lipinski definition) is 3. The Labute approximate surface area is 386 Å². The summed E-state index contributed by atoms with van der Waals surface area (Å²) in [6, 6.07) is 84.5. The van der Waals surface area contributed by atoms with Crippen LogP contribution in [0.2, 0.25) is 0 Å². The van der Waals surface area contributed by atoms with Crippen molar-refractivity contribution in [3.05, 3.63) is 253 Å². The quantitative estimate of drug-likeness (QED) is 0.172. The molecule has 0 fully saturated rings. The first kappa shape index (κ1) is 37.2. The van der Waals surface area contributed by atoms with Crippen LogP contribution in [-0.2, 0) is 5.41 Å². The molecule has 0 saturated heterocycles. The third-order valence-electron chi connectivity index (χ3n) is 14.1. The molecule has 2 aliphatic rings. The van der Waals surface area contributed by atoms with Gasteiger partial charge in [-0.1, -0.05) is 194 Å². The van der Waals surface area contributed by atoms with Gasteiger partial charge in [-0.25, -0.2) is 9.97 Å². The first-order chi connectivity index (χ1) is 32.7. The van der Waals surface area contributed by atoms with E-state index in [0.29, 0.717) is 5.82 Å². The molecular formula is C63H38N2S. The smallest absolute Gasteiger partial charge is 0.160 e. The van der Waals surface area contributed by atoms with Crippen molar-refractivity contribution in [3.63, 3.8) is 0 Å². The van der Waals surface area contributed by atoms with Crippen molar-refractivity contribution in [3.8, 4) is 78.4 Å². The van der Waals surface area contributed by atoms with Gasteiger partial charge in [-0.15, -0.1) is 11.3 Å². The summed E-state index contributed by atoms with van der Waals surface area (Å²) in [4.78, 5) is 11.0. The fraction of sp³-hybridized carbons (Fsp3) is 0.0159. The van der Waals surface area contributed by atoms with Crippen molar-refractivity contribution < 1.29 is 0 Å². The van der Waals surface area contributed by atoms with Crippen LogP contribution in [0.25, 0.3) is 109 Å². The van der Waals surface area contributed by atoms with E-state index in [0.717, 1.165) is 44.8 Å². The Hall–Kier alpha value is -8.24. The van der Waals surface area contributed by atoms with Crippen LogP contribution in [0.5, 0.6) is 0 Å². The zero-order valence-corrected chi connectivity index (χ0v) is 36.6. The van der Waals surface area contributed by atoms with E-state index >= 15 is 0 Å². The first-order valence-electron chi connectivity index (χ1n) is 22.6. The Kier molecular flexibility index (Phi) is 8.10. The number of thiophene rings is 1. The van der Waals surface area contributed by atoms with Gasteiger partial charge in [0.2, 0.25) is 0 Å². The molecule has 2 aromatic heterocycles. The average molecular weight is 855 g/mol. The molecule has 0 N–H and O–H groups in total. The van der Waals surface area contributed by atoms with E-state index in [9.17, 15) is 0 Å². The lowest BCUT2D eigenvalue weighted by Crippen LogP contribution is -2.25. The molecule has 0 bridgehead atoms. The molecule has 0 saturated carbocycles. The van der Waals surface area contributed by atoms with Gasteiger partial charge in [-0.3, -0.25) is 0 Å². The molecule has 2 aliphatic carbocycles. The van der Waals surface area contributed by atoms with Crippen molar-refractivity contribution in [2.45, 2.75) is 5.41 Å². The lowest BCUT2D eigenvalue weighted by Gasteiger charge is -2.30. The molecule has 14 rings (SSSR count). The maximum Gasteiger partial charge on any atom is 0.160 e. The fourth-order valence-electron chi connectivity index (χ4n) is 11.2. The van der Waals surface area contributed by atoms with Gasteiger partial charge in [0.25, 0.3) is 0 Å². The predicted octanol–water partition coefficient (Wildman–Crippen LogP) is 16.7. The highest BCUT2D eigenvalue weighted by Crippen LogP contribution is 2.64. The monoisotopic (exact) mass is 854 g/mol. The van der Waals surface area contributed by atoms with Crippen molar-refractivity contribution in [2.75, 3.05) is 0 Å². The van der Waals surface area contributed by atoms with Crippen LogP contribution < -0.4 is 0 Å². The molecule has 0 radical (unpaired) electrons. The third kappa shape index (κ3) is 5.41. The molecule has 0 unspecified atom stereocenters. The van der Waals surface area contributed by atoms with Gasteiger partial charge in [0.15, 0.2) is 5.82 Å². The summed E-state index contributed by atoms with van der Waals surface area (Å²) >= 11 is 1.87. The maximum absolute atomic E-state index is 5.50.